The first kappa shape index (κ1) is 30.8. The van der Waals surface area contributed by atoms with Gasteiger partial charge >= 0.3 is 6.01 Å². The number of ether oxygens (including phenoxy) is 2. The quantitative estimate of drug-likeness (QED) is 0.225. The van der Waals surface area contributed by atoms with Crippen LogP contribution in [0.25, 0.3) is 32.1 Å². The van der Waals surface area contributed by atoms with Crippen LogP contribution in [0.2, 0.25) is 5.02 Å². The number of nitrogens with zero attached hydrogens (tertiary/aromatic N) is 5. The first-order valence-corrected chi connectivity index (χ1v) is 16.6. The van der Waals surface area contributed by atoms with Gasteiger partial charge in [-0.2, -0.15) is 15.2 Å². The average molecular weight is 691 g/mol. The fourth-order valence-corrected chi connectivity index (χ4v) is 9.26. The number of hydrogen-bond donors (Lipinski definition) is 1. The number of nitrogens with two attached hydrogens (primary N) is 1. The van der Waals surface area contributed by atoms with Gasteiger partial charge in [0.25, 0.3) is 5.92 Å². The molecule has 0 radical (unpaired) electrons. The van der Waals surface area contributed by atoms with Crippen molar-refractivity contribution in [2.75, 3.05) is 50.1 Å². The van der Waals surface area contributed by atoms with E-state index in [4.69, 9.17) is 26.8 Å². The molecule has 3 fully saturated rings. The molecule has 4 aromatic rings. The summed E-state index contributed by atoms with van der Waals surface area (Å²) in [5.41, 5.74) is 3.68. The van der Waals surface area contributed by atoms with Crippen molar-refractivity contribution in [3.05, 3.63) is 39.9 Å². The number of nitriles is 1. The van der Waals surface area contributed by atoms with Crippen LogP contribution in [0.1, 0.15) is 43.2 Å². The van der Waals surface area contributed by atoms with Crippen molar-refractivity contribution in [2.24, 2.45) is 0 Å². The highest BCUT2D eigenvalue weighted by molar-refractivity contribution is 7.23. The number of thiophene rings is 1. The second-order valence-corrected chi connectivity index (χ2v) is 14.1. The van der Waals surface area contributed by atoms with Gasteiger partial charge < -0.3 is 20.1 Å². The summed E-state index contributed by atoms with van der Waals surface area (Å²) >= 11 is 7.60. The van der Waals surface area contributed by atoms with Crippen LogP contribution < -0.4 is 15.4 Å². The molecule has 0 spiro atoms. The van der Waals surface area contributed by atoms with Crippen LogP contribution in [0, 0.1) is 23.0 Å². The third-order valence-electron chi connectivity index (χ3n) is 10.1. The number of benzene rings is 2. The minimum atomic E-state index is -3.55. The van der Waals surface area contributed by atoms with Gasteiger partial charge in [0, 0.05) is 43.5 Å². The predicted molar refractivity (Wildman–Crippen MR) is 168 cm³/mol. The molecule has 3 saturated heterocycles. The number of alkyl halides is 3. The maximum absolute atomic E-state index is 17.1. The molecule has 47 heavy (non-hydrogen) atoms. The summed E-state index contributed by atoms with van der Waals surface area (Å²) in [4.78, 5) is 12.7. The van der Waals surface area contributed by atoms with Crippen molar-refractivity contribution in [2.45, 2.75) is 55.8 Å². The zero-order valence-electron chi connectivity index (χ0n) is 24.9. The Hall–Kier alpha value is -3.51. The number of nitrogen functional groups attached to an aromatic ring is 1. The Morgan fingerprint density at radius 2 is 2.02 bits per heavy atom. The molecule has 0 saturated carbocycles. The van der Waals surface area contributed by atoms with Crippen molar-refractivity contribution >= 4 is 54.7 Å². The van der Waals surface area contributed by atoms with Gasteiger partial charge in [0.05, 0.1) is 44.4 Å². The maximum atomic E-state index is 17.1. The summed E-state index contributed by atoms with van der Waals surface area (Å²) in [6.07, 6.45) is 0.706. The summed E-state index contributed by atoms with van der Waals surface area (Å²) in [5, 5.41) is 8.98. The fourth-order valence-electron chi connectivity index (χ4n) is 7.89. The lowest BCUT2D eigenvalue weighted by atomic mass is 9.92. The van der Waals surface area contributed by atoms with Gasteiger partial charge in [-0.1, -0.05) is 17.7 Å². The zero-order valence-corrected chi connectivity index (χ0v) is 26.5. The van der Waals surface area contributed by atoms with Crippen molar-refractivity contribution in [3.8, 4) is 23.2 Å². The molecule has 15 heteroatoms. The minimum Gasteiger partial charge on any atom is -0.461 e. The molecule has 0 amide bonds. The average Bonchev–Trinajstić information content (AvgIpc) is 3.80. The molecular formula is C32H28ClF5N6O2S. The Labute approximate surface area is 274 Å². The Balaban J connectivity index is 1.39. The lowest BCUT2D eigenvalue weighted by Crippen LogP contribution is -2.43. The van der Waals surface area contributed by atoms with Crippen molar-refractivity contribution in [1.29, 1.82) is 5.26 Å². The van der Waals surface area contributed by atoms with Gasteiger partial charge in [0.1, 0.15) is 41.0 Å². The first-order valence-electron chi connectivity index (χ1n) is 15.4. The molecule has 2 N–H and O–H groups in total. The molecule has 1 unspecified atom stereocenters. The van der Waals surface area contributed by atoms with Gasteiger partial charge in [0.15, 0.2) is 5.82 Å². The molecule has 6 heterocycles. The van der Waals surface area contributed by atoms with Gasteiger partial charge in [-0.25, -0.2) is 22.0 Å². The second kappa shape index (κ2) is 11.0. The smallest absolute Gasteiger partial charge is 0.319 e. The van der Waals surface area contributed by atoms with Crippen molar-refractivity contribution < 1.29 is 31.4 Å². The molecule has 0 aliphatic carbocycles. The van der Waals surface area contributed by atoms with Crippen LogP contribution in [0.3, 0.4) is 0 Å². The molecule has 246 valence electrons. The van der Waals surface area contributed by atoms with E-state index < -0.39 is 57.4 Å². The third-order valence-corrected chi connectivity index (χ3v) is 11.5. The van der Waals surface area contributed by atoms with E-state index in [0.717, 1.165) is 30.4 Å². The van der Waals surface area contributed by atoms with E-state index in [9.17, 15) is 14.0 Å². The molecule has 2 aromatic carbocycles. The molecule has 4 aliphatic rings. The molecule has 2 aromatic heterocycles. The Morgan fingerprint density at radius 1 is 1.19 bits per heavy atom. The van der Waals surface area contributed by atoms with E-state index >= 15 is 13.2 Å². The topological polar surface area (TPSA) is 101 Å². The molecule has 8 nitrogen and oxygen atoms in total. The standard InChI is InChI=1S/C32H28ClF5N6O2S/c33-24-21(17-2-3-19(35)27-20(17)18(11-39)28(40)47-27)25(36)26-22-23(24)32(37,38)6-8-44(16-4-9-45-13-16)29(22)42-30(41-26)46-14-31-5-1-7-43(31)12-15(34)10-31/h2-3,15-16H,1,4-10,12-14,40H2/t15-,16?,31+/m1/s1. The van der Waals surface area contributed by atoms with Crippen LogP contribution in [0.15, 0.2) is 12.1 Å². The molecule has 3 atom stereocenters. The largest absolute Gasteiger partial charge is 0.461 e. The summed E-state index contributed by atoms with van der Waals surface area (Å²) in [7, 11) is 0. The molecular weight excluding hydrogens is 663 g/mol. The van der Waals surface area contributed by atoms with E-state index in [-0.39, 0.29) is 75.6 Å². The minimum absolute atomic E-state index is 0.00729. The number of rotatable bonds is 5. The summed E-state index contributed by atoms with van der Waals surface area (Å²) in [6.45, 7) is 1.59. The van der Waals surface area contributed by atoms with E-state index in [1.165, 1.54) is 6.07 Å². The fraction of sp³-hybridized carbons (Fsp3) is 0.469. The monoisotopic (exact) mass is 690 g/mol. The molecule has 8 rings (SSSR count). The van der Waals surface area contributed by atoms with E-state index in [1.54, 1.807) is 4.90 Å². The zero-order chi connectivity index (χ0) is 32.8. The van der Waals surface area contributed by atoms with Gasteiger partial charge in [-0.3, -0.25) is 4.90 Å². The van der Waals surface area contributed by atoms with E-state index in [2.05, 4.69) is 9.97 Å². The van der Waals surface area contributed by atoms with E-state index in [0.29, 0.717) is 26.0 Å². The Morgan fingerprint density at radius 3 is 2.79 bits per heavy atom. The highest BCUT2D eigenvalue weighted by Gasteiger charge is 2.50. The number of aromatic nitrogens is 2. The SMILES string of the molecule is N#Cc1c(N)sc2c(F)ccc(-c3c(Cl)c4c5c(nc(OC[C@@]67CCCN6C[C@H](F)C7)nc5c3F)N(C3CCOC3)CCC4(F)F)c12. The van der Waals surface area contributed by atoms with Crippen LogP contribution >= 0.6 is 22.9 Å². The summed E-state index contributed by atoms with van der Waals surface area (Å²) in [6, 6.07) is 3.62. The highest BCUT2D eigenvalue weighted by atomic mass is 35.5. The van der Waals surface area contributed by atoms with E-state index in [1.807, 2.05) is 11.0 Å². The van der Waals surface area contributed by atoms with Crippen LogP contribution in [0.5, 0.6) is 6.01 Å². The Bertz CT molecular complexity index is 2000. The predicted octanol–water partition coefficient (Wildman–Crippen LogP) is 6.94. The number of fused-ring (bicyclic) bond motifs is 2. The van der Waals surface area contributed by atoms with Crippen LogP contribution in [-0.4, -0.2) is 72.1 Å². The van der Waals surface area contributed by atoms with Crippen molar-refractivity contribution in [3.63, 3.8) is 0 Å². The molecule has 0 bridgehead atoms. The Kier molecular flexibility index (Phi) is 7.22. The number of anilines is 2. The maximum Gasteiger partial charge on any atom is 0.319 e. The van der Waals surface area contributed by atoms with Crippen molar-refractivity contribution in [1.82, 2.24) is 14.9 Å². The normalized spacial score (nSPS) is 25.4. The van der Waals surface area contributed by atoms with Gasteiger partial charge in [0.2, 0.25) is 0 Å². The third kappa shape index (κ3) is 4.64. The number of halogens is 6. The highest BCUT2D eigenvalue weighted by Crippen LogP contribution is 2.53. The summed E-state index contributed by atoms with van der Waals surface area (Å²) < 4.78 is 90.8. The summed E-state index contributed by atoms with van der Waals surface area (Å²) in [5.74, 6) is -5.28. The second-order valence-electron chi connectivity index (χ2n) is 12.7. The lowest BCUT2D eigenvalue weighted by molar-refractivity contribution is -0.00894. The van der Waals surface area contributed by atoms with Crippen LogP contribution in [0.4, 0.5) is 32.8 Å². The molecule has 4 aliphatic heterocycles. The van der Waals surface area contributed by atoms with Crippen LogP contribution in [-0.2, 0) is 10.7 Å². The van der Waals surface area contributed by atoms with Gasteiger partial charge in [-0.05, 0) is 37.4 Å². The van der Waals surface area contributed by atoms with Gasteiger partial charge in [-0.15, -0.1) is 11.3 Å². The first-order chi connectivity index (χ1) is 22.5. The lowest BCUT2D eigenvalue weighted by Gasteiger charge is -2.31. The number of hydrogen-bond acceptors (Lipinski definition) is 9.